The van der Waals surface area contributed by atoms with Crippen LogP contribution >= 0.6 is 0 Å². The molecule has 2 heterocycles. The molecule has 174 valence electrons. The quantitative estimate of drug-likeness (QED) is 0.712. The first-order valence-corrected chi connectivity index (χ1v) is 11.6. The van der Waals surface area contributed by atoms with E-state index in [1.807, 2.05) is 17.0 Å². The predicted molar refractivity (Wildman–Crippen MR) is 122 cm³/mol. The zero-order valence-corrected chi connectivity index (χ0v) is 18.8. The van der Waals surface area contributed by atoms with Gasteiger partial charge in [0.1, 0.15) is 23.2 Å². The van der Waals surface area contributed by atoms with E-state index < -0.39 is 5.97 Å². The number of amides is 1. The highest BCUT2D eigenvalue weighted by molar-refractivity contribution is 5.93. The van der Waals surface area contributed by atoms with Crippen LogP contribution in [0.5, 0.6) is 11.5 Å². The van der Waals surface area contributed by atoms with Crippen molar-refractivity contribution in [3.8, 4) is 22.6 Å². The third kappa shape index (κ3) is 3.95. The predicted octanol–water partition coefficient (Wildman–Crippen LogP) is 4.04. The zero-order valence-electron chi connectivity index (χ0n) is 18.8. The minimum atomic E-state index is -1.18. The normalized spacial score (nSPS) is 23.5. The maximum atomic E-state index is 12.6. The molecule has 1 spiro atoms. The fourth-order valence-electron chi connectivity index (χ4n) is 5.55. The molecule has 0 unspecified atom stereocenters. The Morgan fingerprint density at radius 1 is 1.15 bits per heavy atom. The third-order valence-electron chi connectivity index (χ3n) is 7.64. The van der Waals surface area contributed by atoms with Crippen LogP contribution in [0.1, 0.15) is 53.9 Å². The summed E-state index contributed by atoms with van der Waals surface area (Å²) >= 11 is 0. The molecule has 2 saturated heterocycles. The number of piperidine rings is 1. The van der Waals surface area contributed by atoms with E-state index in [1.165, 1.54) is 24.8 Å². The SMILES string of the molecule is COc1cc(O)c(C(=O)O)cc1-c1ccc([C@@H]2CC23CCN(C(=O)[C@H]2CCCO2)CC3)cc1. The van der Waals surface area contributed by atoms with E-state index in [1.54, 1.807) is 0 Å². The minimum absolute atomic E-state index is 0.152. The third-order valence-corrected chi connectivity index (χ3v) is 7.64. The maximum Gasteiger partial charge on any atom is 0.339 e. The number of aromatic hydroxyl groups is 1. The van der Waals surface area contributed by atoms with E-state index in [-0.39, 0.29) is 28.7 Å². The number of likely N-dealkylation sites (tertiary alicyclic amines) is 1. The van der Waals surface area contributed by atoms with Crippen molar-refractivity contribution in [3.63, 3.8) is 0 Å². The highest BCUT2D eigenvalue weighted by atomic mass is 16.5. The number of ether oxygens (including phenoxy) is 2. The smallest absolute Gasteiger partial charge is 0.339 e. The van der Waals surface area contributed by atoms with Crippen molar-refractivity contribution in [1.29, 1.82) is 0 Å². The number of carbonyl (C=O) groups excluding carboxylic acids is 1. The lowest BCUT2D eigenvalue weighted by molar-refractivity contribution is -0.142. The van der Waals surface area contributed by atoms with Gasteiger partial charge >= 0.3 is 5.97 Å². The van der Waals surface area contributed by atoms with Gasteiger partial charge in [-0.25, -0.2) is 4.79 Å². The average molecular weight is 452 g/mol. The molecule has 2 aromatic carbocycles. The summed E-state index contributed by atoms with van der Waals surface area (Å²) in [5.41, 5.74) is 2.87. The van der Waals surface area contributed by atoms with Crippen molar-refractivity contribution >= 4 is 11.9 Å². The van der Waals surface area contributed by atoms with E-state index >= 15 is 0 Å². The first-order chi connectivity index (χ1) is 15.9. The number of phenols is 1. The van der Waals surface area contributed by atoms with E-state index in [9.17, 15) is 19.8 Å². The van der Waals surface area contributed by atoms with Crippen LogP contribution in [0.15, 0.2) is 36.4 Å². The molecule has 7 nitrogen and oxygen atoms in total. The van der Waals surface area contributed by atoms with Gasteiger partial charge in [-0.1, -0.05) is 24.3 Å². The van der Waals surface area contributed by atoms with Crippen LogP contribution in [-0.2, 0) is 9.53 Å². The van der Waals surface area contributed by atoms with Gasteiger partial charge in [-0.05, 0) is 60.6 Å². The second-order valence-corrected chi connectivity index (χ2v) is 9.44. The molecule has 1 aliphatic carbocycles. The number of carbonyl (C=O) groups is 2. The number of aromatic carboxylic acids is 1. The summed E-state index contributed by atoms with van der Waals surface area (Å²) in [4.78, 5) is 26.1. The average Bonchev–Trinajstić information content (AvgIpc) is 3.24. The topological polar surface area (TPSA) is 96.3 Å². The second-order valence-electron chi connectivity index (χ2n) is 9.44. The molecule has 3 aliphatic rings. The fourth-order valence-corrected chi connectivity index (χ4v) is 5.55. The van der Waals surface area contributed by atoms with Crippen LogP contribution in [0.25, 0.3) is 11.1 Å². The first-order valence-electron chi connectivity index (χ1n) is 11.6. The number of hydrogen-bond donors (Lipinski definition) is 2. The monoisotopic (exact) mass is 451 g/mol. The molecular weight excluding hydrogens is 422 g/mol. The summed E-state index contributed by atoms with van der Waals surface area (Å²) in [6.07, 6.45) is 4.76. The van der Waals surface area contributed by atoms with Crippen LogP contribution in [-0.4, -0.2) is 59.9 Å². The van der Waals surface area contributed by atoms with Crippen molar-refractivity contribution in [2.75, 3.05) is 26.8 Å². The van der Waals surface area contributed by atoms with Gasteiger partial charge in [0.25, 0.3) is 5.91 Å². The van der Waals surface area contributed by atoms with Crippen LogP contribution in [0, 0.1) is 5.41 Å². The number of carboxylic acids is 1. The number of rotatable bonds is 5. The molecule has 1 saturated carbocycles. The van der Waals surface area contributed by atoms with Gasteiger partial charge in [0.15, 0.2) is 0 Å². The molecule has 2 aliphatic heterocycles. The Labute approximate surface area is 192 Å². The van der Waals surface area contributed by atoms with Crippen molar-refractivity contribution in [2.24, 2.45) is 5.41 Å². The van der Waals surface area contributed by atoms with Crippen molar-refractivity contribution in [2.45, 2.75) is 44.1 Å². The molecule has 3 fully saturated rings. The van der Waals surface area contributed by atoms with Crippen molar-refractivity contribution in [3.05, 3.63) is 47.5 Å². The van der Waals surface area contributed by atoms with E-state index in [0.29, 0.717) is 23.8 Å². The van der Waals surface area contributed by atoms with Crippen LogP contribution in [0.2, 0.25) is 0 Å². The van der Waals surface area contributed by atoms with Gasteiger partial charge in [-0.3, -0.25) is 4.79 Å². The molecule has 0 aromatic heterocycles. The first kappa shape index (κ1) is 21.8. The van der Waals surface area contributed by atoms with Gasteiger partial charge in [0.05, 0.1) is 7.11 Å². The molecule has 1 amide bonds. The summed E-state index contributed by atoms with van der Waals surface area (Å²) in [7, 11) is 1.50. The molecule has 2 atom stereocenters. The van der Waals surface area contributed by atoms with Gasteiger partial charge in [0.2, 0.25) is 0 Å². The Balaban J connectivity index is 1.28. The lowest BCUT2D eigenvalue weighted by Crippen LogP contribution is -2.44. The fraction of sp³-hybridized carbons (Fsp3) is 0.462. The van der Waals surface area contributed by atoms with Crippen LogP contribution < -0.4 is 4.74 Å². The summed E-state index contributed by atoms with van der Waals surface area (Å²) in [6.45, 7) is 2.30. The second kappa shape index (κ2) is 8.37. The summed E-state index contributed by atoms with van der Waals surface area (Å²) in [5.74, 6) is -0.423. The summed E-state index contributed by atoms with van der Waals surface area (Å²) in [5, 5.41) is 19.3. The maximum absolute atomic E-state index is 12.6. The van der Waals surface area contributed by atoms with E-state index in [2.05, 4.69) is 12.1 Å². The Hall–Kier alpha value is -3.06. The van der Waals surface area contributed by atoms with Gasteiger partial charge < -0.3 is 24.6 Å². The van der Waals surface area contributed by atoms with Gasteiger partial charge in [0, 0.05) is 31.3 Å². The van der Waals surface area contributed by atoms with Crippen molar-refractivity contribution < 1.29 is 29.3 Å². The largest absolute Gasteiger partial charge is 0.507 e. The molecule has 7 heteroatoms. The Morgan fingerprint density at radius 2 is 1.88 bits per heavy atom. The highest BCUT2D eigenvalue weighted by Gasteiger charge is 2.55. The number of benzene rings is 2. The standard InChI is InChI=1S/C26H29NO6/c1-32-23-14-21(28)19(25(30)31)13-18(23)16-4-6-17(7-5-16)20-15-26(20)8-10-27(11-9-26)24(29)22-3-2-12-33-22/h4-7,13-14,20,22,28H,2-3,8-12,15H2,1H3,(H,30,31)/t20-,22+/m0/s1. The number of methoxy groups -OCH3 is 1. The number of hydrogen-bond acceptors (Lipinski definition) is 5. The summed E-state index contributed by atoms with van der Waals surface area (Å²) in [6, 6.07) is 11.0. The van der Waals surface area contributed by atoms with Crippen LogP contribution in [0.3, 0.4) is 0 Å². The van der Waals surface area contributed by atoms with Gasteiger partial charge in [-0.15, -0.1) is 0 Å². The van der Waals surface area contributed by atoms with Crippen LogP contribution in [0.4, 0.5) is 0 Å². The molecule has 0 bridgehead atoms. The molecule has 0 radical (unpaired) electrons. The molecule has 2 N–H and O–H groups in total. The summed E-state index contributed by atoms with van der Waals surface area (Å²) < 4.78 is 10.9. The molecular formula is C26H29NO6. The van der Waals surface area contributed by atoms with Crippen molar-refractivity contribution in [1.82, 2.24) is 4.90 Å². The molecule has 2 aromatic rings. The van der Waals surface area contributed by atoms with E-state index in [0.717, 1.165) is 50.8 Å². The lowest BCUT2D eigenvalue weighted by atomic mass is 9.88. The Morgan fingerprint density at radius 3 is 2.48 bits per heavy atom. The lowest BCUT2D eigenvalue weighted by Gasteiger charge is -2.34. The minimum Gasteiger partial charge on any atom is -0.507 e. The Bertz CT molecular complexity index is 1060. The molecule has 5 rings (SSSR count). The zero-order chi connectivity index (χ0) is 23.2. The van der Waals surface area contributed by atoms with E-state index in [4.69, 9.17) is 9.47 Å². The Kier molecular flexibility index (Phi) is 5.52. The highest BCUT2D eigenvalue weighted by Crippen LogP contribution is 2.65. The van der Waals surface area contributed by atoms with Gasteiger partial charge in [-0.2, -0.15) is 0 Å². The molecule has 33 heavy (non-hydrogen) atoms. The number of nitrogens with zero attached hydrogens (tertiary/aromatic N) is 1. The number of carboxylic acid groups (broad SMARTS) is 1.